The lowest BCUT2D eigenvalue weighted by atomic mass is 9.64. The standard InChI is InChI=1S/C26H28F2O3/c1-3-16-4-5-18-13-19(7-6-17(18)12-16)22-10-8-20(14-23(22)27)26(29)31-21-9-11-25(30-2)24(28)15-21/h3,8-11,14-19H,1,4-7,12-13H2,2H3. The molecule has 0 heterocycles. The summed E-state index contributed by atoms with van der Waals surface area (Å²) in [5, 5.41) is 0. The van der Waals surface area contributed by atoms with Crippen LogP contribution >= 0.6 is 0 Å². The summed E-state index contributed by atoms with van der Waals surface area (Å²) in [5.74, 6) is 0.539. The molecule has 2 aliphatic carbocycles. The van der Waals surface area contributed by atoms with Crippen molar-refractivity contribution < 1.29 is 23.0 Å². The predicted molar refractivity (Wildman–Crippen MR) is 115 cm³/mol. The highest BCUT2D eigenvalue weighted by Crippen LogP contribution is 2.48. The summed E-state index contributed by atoms with van der Waals surface area (Å²) in [6.45, 7) is 3.95. The lowest BCUT2D eigenvalue weighted by Crippen LogP contribution is -2.30. The van der Waals surface area contributed by atoms with Crippen molar-refractivity contribution in [1.29, 1.82) is 0 Å². The van der Waals surface area contributed by atoms with Crippen LogP contribution in [0, 0.1) is 29.4 Å². The average molecular weight is 427 g/mol. The molecule has 4 atom stereocenters. The van der Waals surface area contributed by atoms with E-state index in [0.717, 1.165) is 31.2 Å². The fourth-order valence-corrected chi connectivity index (χ4v) is 5.28. The largest absolute Gasteiger partial charge is 0.494 e. The second-order valence-corrected chi connectivity index (χ2v) is 8.76. The van der Waals surface area contributed by atoms with Crippen molar-refractivity contribution in [2.24, 2.45) is 17.8 Å². The van der Waals surface area contributed by atoms with Gasteiger partial charge in [0.25, 0.3) is 0 Å². The minimum atomic E-state index is -0.721. The van der Waals surface area contributed by atoms with Gasteiger partial charge in [0.15, 0.2) is 11.6 Å². The number of carbonyl (C=O) groups is 1. The van der Waals surface area contributed by atoms with Crippen molar-refractivity contribution in [3.8, 4) is 11.5 Å². The maximum absolute atomic E-state index is 14.9. The molecule has 0 amide bonds. The molecule has 4 rings (SSSR count). The Labute approximate surface area is 182 Å². The Hall–Kier alpha value is -2.69. The molecule has 0 radical (unpaired) electrons. The van der Waals surface area contributed by atoms with E-state index in [1.165, 1.54) is 44.6 Å². The molecule has 2 aliphatic rings. The Morgan fingerprint density at radius 3 is 2.48 bits per heavy atom. The van der Waals surface area contributed by atoms with E-state index in [1.54, 1.807) is 12.1 Å². The first-order valence-electron chi connectivity index (χ1n) is 11.0. The smallest absolute Gasteiger partial charge is 0.343 e. The number of methoxy groups -OCH3 is 1. The normalized spacial score (nSPS) is 25.4. The van der Waals surface area contributed by atoms with Crippen molar-refractivity contribution in [1.82, 2.24) is 0 Å². The molecule has 2 fully saturated rings. The molecule has 5 heteroatoms. The molecule has 0 N–H and O–H groups in total. The van der Waals surface area contributed by atoms with Crippen LogP contribution in [0.4, 0.5) is 8.78 Å². The van der Waals surface area contributed by atoms with Crippen molar-refractivity contribution in [2.45, 2.75) is 44.4 Å². The van der Waals surface area contributed by atoms with Gasteiger partial charge < -0.3 is 9.47 Å². The number of rotatable bonds is 5. The number of halogens is 2. The van der Waals surface area contributed by atoms with Crippen molar-refractivity contribution in [2.75, 3.05) is 7.11 Å². The molecule has 2 aromatic rings. The molecule has 2 saturated carbocycles. The highest BCUT2D eigenvalue weighted by Gasteiger charge is 2.36. The van der Waals surface area contributed by atoms with Gasteiger partial charge in [0, 0.05) is 6.07 Å². The van der Waals surface area contributed by atoms with Gasteiger partial charge >= 0.3 is 5.97 Å². The molecule has 0 spiro atoms. The van der Waals surface area contributed by atoms with Crippen LogP contribution in [-0.4, -0.2) is 13.1 Å². The maximum Gasteiger partial charge on any atom is 0.343 e. The number of carbonyl (C=O) groups excluding carboxylic acids is 1. The number of fused-ring (bicyclic) bond motifs is 1. The monoisotopic (exact) mass is 426 g/mol. The van der Waals surface area contributed by atoms with Crippen molar-refractivity contribution >= 4 is 5.97 Å². The van der Waals surface area contributed by atoms with Crippen LogP contribution in [0.5, 0.6) is 11.5 Å². The number of ether oxygens (including phenoxy) is 2. The summed E-state index contributed by atoms with van der Waals surface area (Å²) >= 11 is 0. The Morgan fingerprint density at radius 1 is 1.00 bits per heavy atom. The molecule has 164 valence electrons. The van der Waals surface area contributed by atoms with Gasteiger partial charge in [-0.3, -0.25) is 0 Å². The Balaban J connectivity index is 1.43. The molecule has 4 unspecified atom stereocenters. The van der Waals surface area contributed by atoms with Gasteiger partial charge in [0.2, 0.25) is 0 Å². The number of hydrogen-bond donors (Lipinski definition) is 0. The average Bonchev–Trinajstić information content (AvgIpc) is 2.78. The number of benzene rings is 2. The van der Waals surface area contributed by atoms with Crippen LogP contribution in [0.15, 0.2) is 49.1 Å². The third kappa shape index (κ3) is 4.65. The number of allylic oxidation sites excluding steroid dienone is 1. The fraction of sp³-hybridized carbons (Fsp3) is 0.423. The molecule has 31 heavy (non-hydrogen) atoms. The zero-order chi connectivity index (χ0) is 22.0. The minimum Gasteiger partial charge on any atom is -0.494 e. The summed E-state index contributed by atoms with van der Waals surface area (Å²) in [6, 6.07) is 8.42. The molecular formula is C26H28F2O3. The summed E-state index contributed by atoms with van der Waals surface area (Å²) in [4.78, 5) is 12.4. The number of esters is 1. The Morgan fingerprint density at radius 2 is 1.77 bits per heavy atom. The molecule has 0 aromatic heterocycles. The van der Waals surface area contributed by atoms with E-state index in [1.807, 2.05) is 0 Å². The van der Waals surface area contributed by atoms with Crippen LogP contribution in [0.1, 0.15) is 60.4 Å². The Kier molecular flexibility index (Phi) is 6.40. The summed E-state index contributed by atoms with van der Waals surface area (Å²) < 4.78 is 38.8. The lowest BCUT2D eigenvalue weighted by molar-refractivity contribution is 0.0733. The summed E-state index contributed by atoms with van der Waals surface area (Å²) in [5.41, 5.74) is 0.786. The zero-order valence-electron chi connectivity index (χ0n) is 17.8. The van der Waals surface area contributed by atoms with E-state index < -0.39 is 11.8 Å². The van der Waals surface area contributed by atoms with E-state index in [-0.39, 0.29) is 28.8 Å². The second kappa shape index (κ2) is 9.21. The molecule has 2 aromatic carbocycles. The minimum absolute atomic E-state index is 0.0428. The van der Waals surface area contributed by atoms with Crippen LogP contribution in [-0.2, 0) is 0 Å². The van der Waals surface area contributed by atoms with Gasteiger partial charge in [-0.2, -0.15) is 0 Å². The highest BCUT2D eigenvalue weighted by molar-refractivity contribution is 5.91. The van der Waals surface area contributed by atoms with Crippen molar-refractivity contribution in [3.05, 3.63) is 71.8 Å². The molecular weight excluding hydrogens is 398 g/mol. The third-order valence-corrected chi connectivity index (χ3v) is 7.00. The SMILES string of the molecule is C=CC1CCC2CC(c3ccc(C(=O)Oc4ccc(OC)c(F)c4)cc3F)CCC2C1. The molecule has 0 aliphatic heterocycles. The van der Waals surface area contributed by atoms with Gasteiger partial charge in [-0.15, -0.1) is 6.58 Å². The van der Waals surface area contributed by atoms with Gasteiger partial charge in [-0.25, -0.2) is 13.6 Å². The molecule has 0 saturated heterocycles. The first kappa shape index (κ1) is 21.5. The van der Waals surface area contributed by atoms with Crippen molar-refractivity contribution in [3.63, 3.8) is 0 Å². The second-order valence-electron chi connectivity index (χ2n) is 8.76. The fourth-order valence-electron chi connectivity index (χ4n) is 5.28. The first-order chi connectivity index (χ1) is 15.0. The van der Waals surface area contributed by atoms with Crippen LogP contribution < -0.4 is 9.47 Å². The topological polar surface area (TPSA) is 35.5 Å². The van der Waals surface area contributed by atoms with Crippen LogP contribution in [0.2, 0.25) is 0 Å². The van der Waals surface area contributed by atoms with Crippen LogP contribution in [0.3, 0.4) is 0 Å². The Bertz CT molecular complexity index is 971. The van der Waals surface area contributed by atoms with E-state index in [2.05, 4.69) is 12.7 Å². The number of hydrogen-bond acceptors (Lipinski definition) is 3. The first-order valence-corrected chi connectivity index (χ1v) is 11.0. The summed E-state index contributed by atoms with van der Waals surface area (Å²) in [6.07, 6.45) is 8.74. The van der Waals surface area contributed by atoms with Gasteiger partial charge in [0.1, 0.15) is 11.6 Å². The molecule has 3 nitrogen and oxygen atoms in total. The van der Waals surface area contributed by atoms with E-state index in [9.17, 15) is 13.6 Å². The third-order valence-electron chi connectivity index (χ3n) is 7.00. The van der Waals surface area contributed by atoms with Gasteiger partial charge in [-0.1, -0.05) is 12.1 Å². The summed E-state index contributed by atoms with van der Waals surface area (Å²) in [7, 11) is 1.35. The highest BCUT2D eigenvalue weighted by atomic mass is 19.1. The van der Waals surface area contributed by atoms with Gasteiger partial charge in [-0.05, 0) is 92.0 Å². The van der Waals surface area contributed by atoms with Gasteiger partial charge in [0.05, 0.1) is 12.7 Å². The molecule has 0 bridgehead atoms. The maximum atomic E-state index is 14.9. The van der Waals surface area contributed by atoms with E-state index in [4.69, 9.17) is 9.47 Å². The quantitative estimate of drug-likeness (QED) is 0.304. The van der Waals surface area contributed by atoms with E-state index >= 15 is 0 Å². The predicted octanol–water partition coefficient (Wildman–Crippen LogP) is 6.68. The lowest BCUT2D eigenvalue weighted by Gasteiger charge is -2.41. The zero-order valence-corrected chi connectivity index (χ0v) is 17.8. The van der Waals surface area contributed by atoms with Crippen LogP contribution in [0.25, 0.3) is 0 Å². The van der Waals surface area contributed by atoms with E-state index in [0.29, 0.717) is 17.4 Å².